The lowest BCUT2D eigenvalue weighted by atomic mass is 10.1. The van der Waals surface area contributed by atoms with Gasteiger partial charge in [-0.2, -0.15) is 0 Å². The van der Waals surface area contributed by atoms with E-state index in [-0.39, 0.29) is 5.91 Å². The van der Waals surface area contributed by atoms with Crippen molar-refractivity contribution in [3.05, 3.63) is 23.9 Å². The molecule has 116 valence electrons. The highest BCUT2D eigenvalue weighted by Gasteiger charge is 2.17. The maximum atomic E-state index is 11.5. The predicted molar refractivity (Wildman–Crippen MR) is 85.4 cm³/mol. The number of nitrogens with one attached hydrogen (secondary N) is 1. The van der Waals surface area contributed by atoms with Gasteiger partial charge in [-0.05, 0) is 31.5 Å². The number of carbonyl (C=O) groups excluding carboxylic acids is 1. The Balaban J connectivity index is 2.00. The van der Waals surface area contributed by atoms with Gasteiger partial charge in [-0.25, -0.2) is 4.98 Å². The van der Waals surface area contributed by atoms with E-state index in [9.17, 15) is 4.79 Å². The van der Waals surface area contributed by atoms with Crippen LogP contribution in [0.1, 0.15) is 38.8 Å². The van der Waals surface area contributed by atoms with E-state index in [0.717, 1.165) is 45.0 Å². The molecule has 0 aliphatic carbocycles. The van der Waals surface area contributed by atoms with Gasteiger partial charge in [-0.3, -0.25) is 4.79 Å². The second-order valence-corrected chi connectivity index (χ2v) is 5.58. The normalized spacial score (nSPS) is 17.5. The van der Waals surface area contributed by atoms with Crippen molar-refractivity contribution in [1.29, 1.82) is 0 Å². The molecule has 0 aromatic carbocycles. The number of hydrogen-bond donors (Lipinski definition) is 1. The minimum Gasteiger partial charge on any atom is -0.355 e. The van der Waals surface area contributed by atoms with Crippen molar-refractivity contribution in [3.63, 3.8) is 0 Å². The molecule has 1 fully saturated rings. The first-order chi connectivity index (χ1) is 10.1. The van der Waals surface area contributed by atoms with Gasteiger partial charge in [-0.1, -0.05) is 13.0 Å². The highest BCUT2D eigenvalue weighted by Crippen LogP contribution is 2.17. The van der Waals surface area contributed by atoms with Crippen LogP contribution in [0.5, 0.6) is 0 Å². The molecule has 1 atom stereocenters. The third-order valence-corrected chi connectivity index (χ3v) is 4.05. The number of aromatic nitrogens is 1. The molecule has 1 aromatic rings. The topological polar surface area (TPSA) is 48.5 Å². The van der Waals surface area contributed by atoms with Gasteiger partial charge in [0.2, 0.25) is 5.91 Å². The molecule has 1 unspecified atom stereocenters. The fourth-order valence-electron chi connectivity index (χ4n) is 2.73. The predicted octanol–water partition coefficient (Wildman–Crippen LogP) is 1.81. The molecule has 0 spiro atoms. The molecule has 21 heavy (non-hydrogen) atoms. The largest absolute Gasteiger partial charge is 0.355 e. The molecule has 1 N–H and O–H groups in total. The molecule has 1 saturated heterocycles. The van der Waals surface area contributed by atoms with E-state index in [1.54, 1.807) is 6.92 Å². The summed E-state index contributed by atoms with van der Waals surface area (Å²) in [5, 5.41) is 3.39. The summed E-state index contributed by atoms with van der Waals surface area (Å²) < 4.78 is 0. The lowest BCUT2D eigenvalue weighted by Crippen LogP contribution is -2.33. The number of pyridine rings is 1. The fraction of sp³-hybridized carbons (Fsp3) is 0.625. The van der Waals surface area contributed by atoms with Crippen LogP contribution in [-0.4, -0.2) is 48.5 Å². The number of anilines is 1. The molecular formula is C16H26N4O. The Labute approximate surface area is 127 Å². The Bertz CT molecular complexity index is 460. The van der Waals surface area contributed by atoms with E-state index in [1.807, 2.05) is 11.1 Å². The fourth-order valence-corrected chi connectivity index (χ4v) is 2.73. The van der Waals surface area contributed by atoms with E-state index in [2.05, 4.69) is 41.2 Å². The summed E-state index contributed by atoms with van der Waals surface area (Å²) in [7, 11) is 0. The van der Waals surface area contributed by atoms with Crippen molar-refractivity contribution in [2.45, 2.75) is 33.2 Å². The zero-order chi connectivity index (χ0) is 15.2. The first kappa shape index (κ1) is 15.8. The van der Waals surface area contributed by atoms with Crippen LogP contribution in [-0.2, 0) is 4.79 Å². The van der Waals surface area contributed by atoms with Gasteiger partial charge in [-0.15, -0.1) is 0 Å². The van der Waals surface area contributed by atoms with Gasteiger partial charge < -0.3 is 15.1 Å². The monoisotopic (exact) mass is 290 g/mol. The molecule has 0 bridgehead atoms. The summed E-state index contributed by atoms with van der Waals surface area (Å²) in [5.74, 6) is 1.17. The van der Waals surface area contributed by atoms with Crippen LogP contribution in [0.25, 0.3) is 0 Å². The first-order valence-corrected chi connectivity index (χ1v) is 7.81. The van der Waals surface area contributed by atoms with Crippen LogP contribution in [0.2, 0.25) is 0 Å². The molecule has 1 aliphatic heterocycles. The molecule has 0 saturated carbocycles. The van der Waals surface area contributed by atoms with E-state index in [1.165, 1.54) is 5.56 Å². The highest BCUT2D eigenvalue weighted by molar-refractivity contribution is 5.73. The summed E-state index contributed by atoms with van der Waals surface area (Å²) in [6.45, 7) is 10.3. The Hall–Kier alpha value is -1.62. The number of hydrogen-bond acceptors (Lipinski definition) is 4. The second kappa shape index (κ2) is 7.41. The maximum Gasteiger partial charge on any atom is 0.219 e. The van der Waals surface area contributed by atoms with Crippen LogP contribution in [0, 0.1) is 0 Å². The Morgan fingerprint density at radius 2 is 2.14 bits per heavy atom. The third-order valence-electron chi connectivity index (χ3n) is 4.05. The quantitative estimate of drug-likeness (QED) is 0.919. The van der Waals surface area contributed by atoms with E-state index < -0.39 is 0 Å². The highest BCUT2D eigenvalue weighted by atomic mass is 16.2. The molecule has 2 heterocycles. The number of nitrogens with zero attached hydrogens (tertiary/aromatic N) is 3. The number of amides is 1. The molecule has 1 aromatic heterocycles. The Morgan fingerprint density at radius 1 is 1.33 bits per heavy atom. The second-order valence-electron chi connectivity index (χ2n) is 5.58. The van der Waals surface area contributed by atoms with Gasteiger partial charge in [0, 0.05) is 45.3 Å². The van der Waals surface area contributed by atoms with Crippen LogP contribution in [0.4, 0.5) is 5.82 Å². The van der Waals surface area contributed by atoms with E-state index in [0.29, 0.717) is 6.04 Å². The van der Waals surface area contributed by atoms with Gasteiger partial charge in [0.1, 0.15) is 5.82 Å². The summed E-state index contributed by atoms with van der Waals surface area (Å²) in [6, 6.07) is 4.56. The lowest BCUT2D eigenvalue weighted by Gasteiger charge is -2.23. The van der Waals surface area contributed by atoms with Crippen LogP contribution < -0.4 is 10.2 Å². The summed E-state index contributed by atoms with van der Waals surface area (Å²) in [5.41, 5.74) is 1.21. The van der Waals surface area contributed by atoms with Crippen LogP contribution in [0.15, 0.2) is 18.3 Å². The number of carbonyl (C=O) groups is 1. The Kier molecular flexibility index (Phi) is 5.56. The van der Waals surface area contributed by atoms with E-state index >= 15 is 0 Å². The standard InChI is InChI=1S/C16H26N4O/c1-4-17-13(2)15-6-7-16(18-12-15)20-9-5-8-19(10-11-20)14(3)21/h6-7,12-13,17H,4-5,8-11H2,1-3H3. The minimum atomic E-state index is 0.166. The van der Waals surface area contributed by atoms with Gasteiger partial charge in [0.05, 0.1) is 0 Å². The van der Waals surface area contributed by atoms with Crippen molar-refractivity contribution in [3.8, 4) is 0 Å². The van der Waals surface area contributed by atoms with Crippen molar-refractivity contribution in [2.75, 3.05) is 37.6 Å². The zero-order valence-electron chi connectivity index (χ0n) is 13.3. The maximum absolute atomic E-state index is 11.5. The minimum absolute atomic E-state index is 0.166. The van der Waals surface area contributed by atoms with Gasteiger partial charge in [0.25, 0.3) is 0 Å². The SMILES string of the molecule is CCNC(C)c1ccc(N2CCCN(C(C)=O)CC2)nc1. The van der Waals surface area contributed by atoms with Gasteiger partial charge in [0.15, 0.2) is 0 Å². The third kappa shape index (κ3) is 4.17. The van der Waals surface area contributed by atoms with Gasteiger partial charge >= 0.3 is 0 Å². The van der Waals surface area contributed by atoms with Crippen molar-refractivity contribution in [1.82, 2.24) is 15.2 Å². The van der Waals surface area contributed by atoms with E-state index in [4.69, 9.17) is 0 Å². The van der Waals surface area contributed by atoms with Crippen molar-refractivity contribution in [2.24, 2.45) is 0 Å². The first-order valence-electron chi connectivity index (χ1n) is 7.81. The van der Waals surface area contributed by atoms with Crippen LogP contribution in [0.3, 0.4) is 0 Å². The zero-order valence-corrected chi connectivity index (χ0v) is 13.3. The van der Waals surface area contributed by atoms with Crippen molar-refractivity contribution < 1.29 is 4.79 Å². The average Bonchev–Trinajstić information content (AvgIpc) is 2.73. The summed E-state index contributed by atoms with van der Waals surface area (Å²) >= 11 is 0. The van der Waals surface area contributed by atoms with Crippen molar-refractivity contribution >= 4 is 11.7 Å². The Morgan fingerprint density at radius 3 is 2.76 bits per heavy atom. The number of rotatable bonds is 4. The lowest BCUT2D eigenvalue weighted by molar-refractivity contribution is -0.128. The molecule has 5 heteroatoms. The van der Waals surface area contributed by atoms with Crippen LogP contribution >= 0.6 is 0 Å². The summed E-state index contributed by atoms with van der Waals surface area (Å²) in [4.78, 5) is 20.2. The summed E-state index contributed by atoms with van der Waals surface area (Å²) in [6.07, 6.45) is 2.95. The molecule has 1 amide bonds. The molecular weight excluding hydrogens is 264 g/mol. The molecule has 0 radical (unpaired) electrons. The smallest absolute Gasteiger partial charge is 0.219 e. The molecule has 2 rings (SSSR count). The molecule has 1 aliphatic rings. The average molecular weight is 290 g/mol. The molecule has 5 nitrogen and oxygen atoms in total.